The number of aliphatic carboxylic acids is 2. The van der Waals surface area contributed by atoms with Crippen molar-refractivity contribution in [1.29, 1.82) is 0 Å². The van der Waals surface area contributed by atoms with E-state index in [0.29, 0.717) is 25.9 Å². The molecule has 2 saturated heterocycles. The molecule has 17 heavy (non-hydrogen) atoms. The highest BCUT2D eigenvalue weighted by molar-refractivity contribution is 5.98. The van der Waals surface area contributed by atoms with Gasteiger partial charge in [-0.25, -0.2) is 0 Å². The van der Waals surface area contributed by atoms with Crippen LogP contribution in [-0.2, 0) is 19.1 Å². The van der Waals surface area contributed by atoms with Crippen molar-refractivity contribution >= 4 is 11.9 Å². The van der Waals surface area contributed by atoms with E-state index in [2.05, 4.69) is 5.32 Å². The van der Waals surface area contributed by atoms with Gasteiger partial charge in [0, 0.05) is 25.9 Å². The van der Waals surface area contributed by atoms with Crippen LogP contribution < -0.4 is 5.32 Å². The minimum absolute atomic E-state index is 0.350. The average Bonchev–Trinajstić information content (AvgIpc) is 2.30. The van der Waals surface area contributed by atoms with E-state index in [4.69, 9.17) is 19.7 Å². The summed E-state index contributed by atoms with van der Waals surface area (Å²) in [6.07, 6.45) is 1.20. The molecule has 0 atom stereocenters. The van der Waals surface area contributed by atoms with Crippen molar-refractivity contribution in [2.24, 2.45) is 5.41 Å². The standard InChI is InChI=1S/C10H15NO6/c12-7(13)9(8(14)15)5-16-10(17-6-9)1-3-11-4-2-10/h11H,1-6H2,(H,12,13)(H,14,15). The molecule has 0 unspecified atom stereocenters. The van der Waals surface area contributed by atoms with Gasteiger partial charge < -0.3 is 25.0 Å². The number of hydrogen-bond acceptors (Lipinski definition) is 5. The maximum absolute atomic E-state index is 11.0. The first kappa shape index (κ1) is 12.3. The summed E-state index contributed by atoms with van der Waals surface area (Å²) in [6.45, 7) is 0.732. The van der Waals surface area contributed by atoms with E-state index in [1.54, 1.807) is 0 Å². The zero-order valence-corrected chi connectivity index (χ0v) is 9.27. The third-order valence-corrected chi connectivity index (χ3v) is 3.35. The summed E-state index contributed by atoms with van der Waals surface area (Å²) in [5.74, 6) is -3.65. The lowest BCUT2D eigenvalue weighted by Gasteiger charge is -2.44. The van der Waals surface area contributed by atoms with Crippen LogP contribution in [0.5, 0.6) is 0 Å². The van der Waals surface area contributed by atoms with Gasteiger partial charge in [0.1, 0.15) is 0 Å². The van der Waals surface area contributed by atoms with E-state index >= 15 is 0 Å². The second-order valence-electron chi connectivity index (χ2n) is 4.43. The summed E-state index contributed by atoms with van der Waals surface area (Å²) in [5.41, 5.74) is -1.98. The molecule has 2 heterocycles. The van der Waals surface area contributed by atoms with E-state index in [0.717, 1.165) is 0 Å². The van der Waals surface area contributed by atoms with Gasteiger partial charge in [-0.15, -0.1) is 0 Å². The van der Waals surface area contributed by atoms with Crippen LogP contribution in [0.2, 0.25) is 0 Å². The highest BCUT2D eigenvalue weighted by atomic mass is 16.7. The Hall–Kier alpha value is -1.18. The molecule has 7 nitrogen and oxygen atoms in total. The average molecular weight is 245 g/mol. The molecule has 7 heteroatoms. The summed E-state index contributed by atoms with van der Waals surface area (Å²) in [7, 11) is 0. The maximum atomic E-state index is 11.0. The third-order valence-electron chi connectivity index (χ3n) is 3.35. The summed E-state index contributed by atoms with van der Waals surface area (Å²) < 4.78 is 10.8. The number of piperidine rings is 1. The largest absolute Gasteiger partial charge is 0.480 e. The number of hydrogen-bond donors (Lipinski definition) is 3. The fourth-order valence-corrected chi connectivity index (χ4v) is 2.03. The number of rotatable bonds is 2. The molecule has 3 N–H and O–H groups in total. The minimum atomic E-state index is -1.98. The van der Waals surface area contributed by atoms with Gasteiger partial charge in [0.2, 0.25) is 5.41 Å². The van der Waals surface area contributed by atoms with Gasteiger partial charge in [-0.3, -0.25) is 9.59 Å². The van der Waals surface area contributed by atoms with Crippen LogP contribution in [0, 0.1) is 5.41 Å². The Kier molecular flexibility index (Phi) is 3.07. The van der Waals surface area contributed by atoms with Gasteiger partial charge in [-0.2, -0.15) is 0 Å². The Morgan fingerprint density at radius 3 is 1.88 bits per heavy atom. The van der Waals surface area contributed by atoms with Crippen LogP contribution in [0.25, 0.3) is 0 Å². The van der Waals surface area contributed by atoms with Crippen molar-refractivity contribution in [3.8, 4) is 0 Å². The van der Waals surface area contributed by atoms with Crippen LogP contribution in [0.4, 0.5) is 0 Å². The van der Waals surface area contributed by atoms with E-state index in [1.807, 2.05) is 0 Å². The van der Waals surface area contributed by atoms with Crippen molar-refractivity contribution in [1.82, 2.24) is 5.32 Å². The fourth-order valence-electron chi connectivity index (χ4n) is 2.03. The van der Waals surface area contributed by atoms with Crippen molar-refractivity contribution < 1.29 is 29.3 Å². The predicted molar refractivity (Wildman–Crippen MR) is 54.4 cm³/mol. The fraction of sp³-hybridized carbons (Fsp3) is 0.800. The molecular weight excluding hydrogens is 230 g/mol. The van der Waals surface area contributed by atoms with Gasteiger partial charge in [0.05, 0.1) is 13.2 Å². The molecule has 1 spiro atoms. The second kappa shape index (κ2) is 4.25. The first-order valence-electron chi connectivity index (χ1n) is 5.46. The van der Waals surface area contributed by atoms with Crippen molar-refractivity contribution in [2.75, 3.05) is 26.3 Å². The molecule has 0 aromatic heterocycles. The molecule has 0 aliphatic carbocycles. The van der Waals surface area contributed by atoms with E-state index in [1.165, 1.54) is 0 Å². The van der Waals surface area contributed by atoms with E-state index < -0.39 is 23.1 Å². The molecule has 2 fully saturated rings. The first-order valence-corrected chi connectivity index (χ1v) is 5.46. The monoisotopic (exact) mass is 245 g/mol. The number of nitrogens with one attached hydrogen (secondary N) is 1. The molecule has 2 aliphatic rings. The molecule has 2 rings (SSSR count). The molecule has 0 bridgehead atoms. The zero-order chi connectivity index (χ0) is 12.5. The van der Waals surface area contributed by atoms with Crippen LogP contribution >= 0.6 is 0 Å². The maximum Gasteiger partial charge on any atom is 0.325 e. The number of carboxylic acids is 2. The highest BCUT2D eigenvalue weighted by Gasteiger charge is 2.54. The lowest BCUT2D eigenvalue weighted by molar-refractivity contribution is -0.306. The lowest BCUT2D eigenvalue weighted by Crippen LogP contribution is -2.59. The summed E-state index contributed by atoms with van der Waals surface area (Å²) in [5, 5.41) is 21.1. The van der Waals surface area contributed by atoms with Gasteiger partial charge in [-0.05, 0) is 0 Å². The Labute approximate surface area is 97.7 Å². The van der Waals surface area contributed by atoms with Crippen LogP contribution in [-0.4, -0.2) is 54.2 Å². The van der Waals surface area contributed by atoms with Crippen molar-refractivity contribution in [3.63, 3.8) is 0 Å². The van der Waals surface area contributed by atoms with Crippen LogP contribution in [0.15, 0.2) is 0 Å². The van der Waals surface area contributed by atoms with Crippen LogP contribution in [0.3, 0.4) is 0 Å². The molecule has 0 amide bonds. The summed E-state index contributed by atoms with van der Waals surface area (Å²) >= 11 is 0. The Morgan fingerprint density at radius 1 is 1.00 bits per heavy atom. The predicted octanol–water partition coefficient (Wildman–Crippen LogP) is -0.731. The van der Waals surface area contributed by atoms with Gasteiger partial charge in [0.15, 0.2) is 5.79 Å². The smallest absolute Gasteiger partial charge is 0.325 e. The number of carboxylic acid groups (broad SMARTS) is 2. The third kappa shape index (κ3) is 2.01. The first-order chi connectivity index (χ1) is 8.01. The summed E-state index contributed by atoms with van der Waals surface area (Å²) in [6, 6.07) is 0. The molecule has 0 saturated carbocycles. The molecule has 0 aromatic rings. The topological polar surface area (TPSA) is 105 Å². The molecular formula is C10H15NO6. The quantitative estimate of drug-likeness (QED) is 0.551. The van der Waals surface area contributed by atoms with E-state index in [-0.39, 0.29) is 13.2 Å². The molecule has 0 aromatic carbocycles. The SMILES string of the molecule is O=C(O)C1(C(=O)O)COC2(CCNCC2)OC1. The van der Waals surface area contributed by atoms with Crippen molar-refractivity contribution in [2.45, 2.75) is 18.6 Å². The molecule has 96 valence electrons. The summed E-state index contributed by atoms with van der Waals surface area (Å²) in [4.78, 5) is 22.1. The zero-order valence-electron chi connectivity index (χ0n) is 9.27. The van der Waals surface area contributed by atoms with Gasteiger partial charge >= 0.3 is 11.9 Å². The van der Waals surface area contributed by atoms with Crippen LogP contribution in [0.1, 0.15) is 12.8 Å². The highest BCUT2D eigenvalue weighted by Crippen LogP contribution is 2.35. The Morgan fingerprint density at radius 2 is 1.47 bits per heavy atom. The van der Waals surface area contributed by atoms with E-state index in [9.17, 15) is 9.59 Å². The number of ether oxygens (including phenoxy) is 2. The Bertz CT molecular complexity index is 310. The Balaban J connectivity index is 2.10. The minimum Gasteiger partial charge on any atom is -0.480 e. The van der Waals surface area contributed by atoms with Gasteiger partial charge in [0.25, 0.3) is 0 Å². The lowest BCUT2D eigenvalue weighted by atomic mass is 9.88. The van der Waals surface area contributed by atoms with Gasteiger partial charge in [-0.1, -0.05) is 0 Å². The molecule has 2 aliphatic heterocycles. The van der Waals surface area contributed by atoms with Crippen molar-refractivity contribution in [3.05, 3.63) is 0 Å². The molecule has 0 radical (unpaired) electrons. The number of carbonyl (C=O) groups is 2. The second-order valence-corrected chi connectivity index (χ2v) is 4.43. The normalized spacial score (nSPS) is 26.6.